The van der Waals surface area contributed by atoms with Gasteiger partial charge in [0, 0.05) is 22.6 Å². The van der Waals surface area contributed by atoms with Gasteiger partial charge in [-0.05, 0) is 44.1 Å². The van der Waals surface area contributed by atoms with Gasteiger partial charge in [0.25, 0.3) is 0 Å². The minimum atomic E-state index is -1.30. The van der Waals surface area contributed by atoms with Crippen molar-refractivity contribution >= 4 is 5.97 Å². The van der Waals surface area contributed by atoms with Gasteiger partial charge in [-0.25, -0.2) is 17.6 Å². The van der Waals surface area contributed by atoms with E-state index in [0.29, 0.717) is 25.9 Å². The maximum absolute atomic E-state index is 15.2. The van der Waals surface area contributed by atoms with Crippen molar-refractivity contribution in [1.82, 2.24) is 0 Å². The Hall–Kier alpha value is -2.41. The van der Waals surface area contributed by atoms with Crippen LogP contribution in [0.25, 0.3) is 11.1 Å². The molecule has 4 atom stereocenters. The van der Waals surface area contributed by atoms with E-state index in [-0.39, 0.29) is 40.4 Å². The third-order valence-corrected chi connectivity index (χ3v) is 7.78. The Morgan fingerprint density at radius 2 is 1.38 bits per heavy atom. The summed E-state index contributed by atoms with van der Waals surface area (Å²) in [5.74, 6) is -6.60. The monoisotopic (exact) mass is 520 g/mol. The average Bonchev–Trinajstić information content (AvgIpc) is 2.89. The van der Waals surface area contributed by atoms with Crippen LogP contribution in [0.4, 0.5) is 17.6 Å². The molecule has 3 nitrogen and oxygen atoms in total. The molecule has 37 heavy (non-hydrogen) atoms. The Balaban J connectivity index is 1.50. The molecule has 7 heteroatoms. The number of ether oxygens (including phenoxy) is 2. The van der Waals surface area contributed by atoms with Gasteiger partial charge in [0.1, 0.15) is 6.10 Å². The molecule has 0 spiro atoms. The normalized spacial score (nSPS) is 24.2. The highest BCUT2D eigenvalue weighted by atomic mass is 19.2. The van der Waals surface area contributed by atoms with Gasteiger partial charge in [0.15, 0.2) is 23.3 Å². The first-order chi connectivity index (χ1) is 17.8. The van der Waals surface area contributed by atoms with Crippen molar-refractivity contribution in [1.29, 1.82) is 0 Å². The maximum Gasteiger partial charge on any atom is 0.313 e. The summed E-state index contributed by atoms with van der Waals surface area (Å²) in [4.78, 5) is 12.4. The zero-order valence-electron chi connectivity index (χ0n) is 21.6. The van der Waals surface area contributed by atoms with Gasteiger partial charge >= 0.3 is 5.97 Å². The van der Waals surface area contributed by atoms with E-state index < -0.39 is 35.2 Å². The van der Waals surface area contributed by atoms with Crippen molar-refractivity contribution in [2.45, 2.75) is 102 Å². The lowest BCUT2D eigenvalue weighted by atomic mass is 9.87. The van der Waals surface area contributed by atoms with Crippen molar-refractivity contribution in [3.63, 3.8) is 0 Å². The van der Waals surface area contributed by atoms with E-state index in [0.717, 1.165) is 44.9 Å². The molecule has 2 heterocycles. The summed E-state index contributed by atoms with van der Waals surface area (Å²) < 4.78 is 71.8. The van der Waals surface area contributed by atoms with E-state index >= 15 is 17.6 Å². The number of unbranched alkanes of at least 4 members (excludes halogenated alkanes) is 2. The number of hydrogen-bond acceptors (Lipinski definition) is 3. The molecule has 202 valence electrons. The first-order valence-electron chi connectivity index (χ1n) is 13.6. The Labute approximate surface area is 216 Å². The number of cyclic esters (lactones) is 1. The van der Waals surface area contributed by atoms with Gasteiger partial charge in [-0.3, -0.25) is 4.79 Å². The van der Waals surface area contributed by atoms with Gasteiger partial charge < -0.3 is 9.47 Å². The van der Waals surface area contributed by atoms with Crippen molar-refractivity contribution in [3.8, 4) is 11.1 Å². The number of carbonyl (C=O) groups is 1. The molecular formula is C30H36F4O3. The molecule has 0 amide bonds. The number of esters is 1. The molecule has 2 aromatic rings. The summed E-state index contributed by atoms with van der Waals surface area (Å²) in [5, 5.41) is 0. The Morgan fingerprint density at radius 1 is 0.730 bits per heavy atom. The first kappa shape index (κ1) is 27.6. The highest BCUT2D eigenvalue weighted by Gasteiger charge is 2.34. The minimum Gasteiger partial charge on any atom is -0.462 e. The van der Waals surface area contributed by atoms with Crippen LogP contribution in [0.15, 0.2) is 24.3 Å². The van der Waals surface area contributed by atoms with Gasteiger partial charge in [0.2, 0.25) is 0 Å². The molecule has 2 aliphatic heterocycles. The molecule has 2 saturated heterocycles. The number of benzene rings is 2. The quantitative estimate of drug-likeness (QED) is 0.189. The van der Waals surface area contributed by atoms with Crippen molar-refractivity contribution < 1.29 is 31.8 Å². The topological polar surface area (TPSA) is 35.5 Å². The molecule has 0 radical (unpaired) electrons. The molecule has 2 aromatic carbocycles. The molecule has 0 saturated carbocycles. The molecule has 0 N–H and O–H groups in total. The lowest BCUT2D eigenvalue weighted by Crippen LogP contribution is -2.30. The van der Waals surface area contributed by atoms with Crippen LogP contribution in [0.2, 0.25) is 0 Å². The highest BCUT2D eigenvalue weighted by molar-refractivity contribution is 5.79. The number of halogens is 4. The lowest BCUT2D eigenvalue weighted by molar-refractivity contribution is -0.156. The first-order valence-corrected chi connectivity index (χ1v) is 13.6. The fourth-order valence-corrected chi connectivity index (χ4v) is 5.61. The third-order valence-electron chi connectivity index (χ3n) is 7.78. The Bertz CT molecular complexity index is 1090. The van der Waals surface area contributed by atoms with Gasteiger partial charge in [0.05, 0.1) is 18.6 Å². The third kappa shape index (κ3) is 6.02. The van der Waals surface area contributed by atoms with E-state index in [1.54, 1.807) is 0 Å². The van der Waals surface area contributed by atoms with Crippen molar-refractivity contribution in [2.24, 2.45) is 0 Å². The van der Waals surface area contributed by atoms with Crippen LogP contribution in [0.5, 0.6) is 0 Å². The summed E-state index contributed by atoms with van der Waals surface area (Å²) in [5.41, 5.74) is -0.662. The molecular weight excluding hydrogens is 484 g/mol. The molecule has 0 aromatic heterocycles. The highest BCUT2D eigenvalue weighted by Crippen LogP contribution is 2.38. The van der Waals surface area contributed by atoms with Crippen LogP contribution in [-0.2, 0) is 14.3 Å². The number of carbonyl (C=O) groups excluding carboxylic acids is 1. The van der Waals surface area contributed by atoms with Crippen molar-refractivity contribution in [3.05, 3.63) is 58.7 Å². The molecule has 2 fully saturated rings. The van der Waals surface area contributed by atoms with Crippen LogP contribution in [0, 0.1) is 23.3 Å². The van der Waals surface area contributed by atoms with E-state index in [2.05, 4.69) is 6.92 Å². The molecule has 2 aliphatic rings. The Kier molecular flexibility index (Phi) is 9.27. The molecule has 4 rings (SSSR count). The second-order valence-corrected chi connectivity index (χ2v) is 10.4. The van der Waals surface area contributed by atoms with E-state index in [1.807, 2.05) is 6.92 Å². The van der Waals surface area contributed by atoms with E-state index in [9.17, 15) is 4.79 Å². The standard InChI is InChI=1S/C30H36F4O3/c1-3-5-6-8-19-10-9-18(17-36-19)21-13-14-22(27(32)26(21)31)23-15-16-24(29(34)28(23)33)25-12-11-20(7-4-2)37-30(25)35/h13-16,18-20,25H,3-12,17H2,1-2H3. The van der Waals surface area contributed by atoms with Crippen LogP contribution in [0.1, 0.15) is 101 Å². The van der Waals surface area contributed by atoms with E-state index in [1.165, 1.54) is 24.3 Å². The fourth-order valence-electron chi connectivity index (χ4n) is 5.61. The maximum atomic E-state index is 15.2. The average molecular weight is 521 g/mol. The zero-order valence-corrected chi connectivity index (χ0v) is 21.6. The summed E-state index contributed by atoms with van der Waals surface area (Å²) >= 11 is 0. The SMILES string of the molecule is CCCCCC1CCC(c2ccc(-c3ccc(C4CCC(CCC)OC4=O)c(F)c3F)c(F)c2F)CO1. The predicted octanol–water partition coefficient (Wildman–Crippen LogP) is 8.34. The van der Waals surface area contributed by atoms with Crippen LogP contribution in [0.3, 0.4) is 0 Å². The molecule has 0 aliphatic carbocycles. The summed E-state index contributed by atoms with van der Waals surface area (Å²) in [6.45, 7) is 4.43. The van der Waals surface area contributed by atoms with Crippen LogP contribution < -0.4 is 0 Å². The van der Waals surface area contributed by atoms with Gasteiger partial charge in [-0.2, -0.15) is 0 Å². The summed E-state index contributed by atoms with van der Waals surface area (Å²) in [6.07, 6.45) is 8.22. The van der Waals surface area contributed by atoms with Gasteiger partial charge in [-0.15, -0.1) is 0 Å². The fraction of sp³-hybridized carbons (Fsp3) is 0.567. The largest absolute Gasteiger partial charge is 0.462 e. The van der Waals surface area contributed by atoms with E-state index in [4.69, 9.17) is 9.47 Å². The second-order valence-electron chi connectivity index (χ2n) is 10.4. The molecule has 0 bridgehead atoms. The van der Waals surface area contributed by atoms with Crippen LogP contribution in [-0.4, -0.2) is 24.8 Å². The Morgan fingerprint density at radius 3 is 1.97 bits per heavy atom. The minimum absolute atomic E-state index is 0.119. The summed E-state index contributed by atoms with van der Waals surface area (Å²) in [6, 6.07) is 5.22. The summed E-state index contributed by atoms with van der Waals surface area (Å²) in [7, 11) is 0. The lowest BCUT2D eigenvalue weighted by Gasteiger charge is -2.30. The number of hydrogen-bond donors (Lipinski definition) is 0. The van der Waals surface area contributed by atoms with Gasteiger partial charge in [-0.1, -0.05) is 63.8 Å². The zero-order chi connectivity index (χ0) is 26.5. The van der Waals surface area contributed by atoms with Crippen LogP contribution >= 0.6 is 0 Å². The predicted molar refractivity (Wildman–Crippen MR) is 134 cm³/mol. The molecule has 4 unspecified atom stereocenters. The second kappa shape index (κ2) is 12.4. The van der Waals surface area contributed by atoms with Crippen molar-refractivity contribution in [2.75, 3.05) is 6.61 Å². The smallest absolute Gasteiger partial charge is 0.313 e. The number of rotatable bonds is 9.